The Labute approximate surface area is 158 Å². The Morgan fingerprint density at radius 1 is 1.07 bits per heavy atom. The largest absolute Gasteiger partial charge is 0.494 e. The van der Waals surface area contributed by atoms with Gasteiger partial charge in [-0.05, 0) is 44.3 Å². The van der Waals surface area contributed by atoms with Crippen LogP contribution in [0, 0.1) is 0 Å². The van der Waals surface area contributed by atoms with E-state index in [0.29, 0.717) is 36.5 Å². The van der Waals surface area contributed by atoms with Gasteiger partial charge in [-0.25, -0.2) is 0 Å². The van der Waals surface area contributed by atoms with Gasteiger partial charge < -0.3 is 19.9 Å². The molecule has 0 radical (unpaired) electrons. The van der Waals surface area contributed by atoms with Gasteiger partial charge >= 0.3 is 0 Å². The number of piperazine rings is 1. The third kappa shape index (κ3) is 4.83. The van der Waals surface area contributed by atoms with Gasteiger partial charge in [0.2, 0.25) is 0 Å². The van der Waals surface area contributed by atoms with Crippen molar-refractivity contribution in [2.24, 2.45) is 0 Å². The lowest BCUT2D eigenvalue weighted by Gasteiger charge is -2.32. The summed E-state index contributed by atoms with van der Waals surface area (Å²) in [5.41, 5.74) is 1.43. The van der Waals surface area contributed by atoms with E-state index in [9.17, 15) is 9.59 Å². The Bertz CT molecular complexity index is 799. The number of amides is 2. The fraction of sp³-hybridized carbons (Fsp3) is 0.350. The highest BCUT2D eigenvalue weighted by Gasteiger charge is 2.21. The molecule has 1 aliphatic rings. The minimum atomic E-state index is -0.306. The lowest BCUT2D eigenvalue weighted by molar-refractivity contribution is 0.0663. The maximum atomic E-state index is 12.7. The number of benzene rings is 1. The number of pyridine rings is 1. The molecule has 0 bridgehead atoms. The third-order valence-electron chi connectivity index (χ3n) is 4.46. The first-order chi connectivity index (χ1) is 13.1. The number of carbonyl (C=O) groups excluding carboxylic acids is 2. The summed E-state index contributed by atoms with van der Waals surface area (Å²) in [6.07, 6.45) is 2.97. The normalized spacial score (nSPS) is 14.7. The number of hydrogen-bond acceptors (Lipinski definition) is 5. The van der Waals surface area contributed by atoms with Crippen LogP contribution in [0.1, 0.15) is 27.6 Å². The summed E-state index contributed by atoms with van der Waals surface area (Å²) >= 11 is 0. The number of nitrogens with one attached hydrogen (secondary N) is 1. The van der Waals surface area contributed by atoms with E-state index in [1.807, 2.05) is 14.0 Å². The molecular formula is C20H24N4O3. The Hall–Kier alpha value is -2.93. The van der Waals surface area contributed by atoms with Crippen LogP contribution in [0.25, 0.3) is 0 Å². The first kappa shape index (κ1) is 18.8. The van der Waals surface area contributed by atoms with Crippen LogP contribution >= 0.6 is 0 Å². The molecule has 0 spiro atoms. The van der Waals surface area contributed by atoms with Gasteiger partial charge in [0.15, 0.2) is 0 Å². The number of likely N-dealkylation sites (N-methyl/N-ethyl adjacent to an activating group) is 1. The second-order valence-electron chi connectivity index (χ2n) is 6.47. The quantitative estimate of drug-likeness (QED) is 0.875. The molecule has 1 N–H and O–H groups in total. The van der Waals surface area contributed by atoms with Gasteiger partial charge in [0.25, 0.3) is 11.8 Å². The van der Waals surface area contributed by atoms with Crippen LogP contribution in [0.15, 0.2) is 42.7 Å². The standard InChI is InChI=1S/C20H24N4O3/c1-3-27-18-6-4-17(5-7-18)22-19(25)15-12-16(14-21-13-15)20(26)24-10-8-23(2)9-11-24/h4-7,12-14H,3,8-11H2,1-2H3,(H,22,25). The molecular weight excluding hydrogens is 344 g/mol. The molecule has 1 saturated heterocycles. The highest BCUT2D eigenvalue weighted by molar-refractivity contribution is 6.05. The number of rotatable bonds is 5. The molecule has 2 heterocycles. The van der Waals surface area contributed by atoms with Crippen LogP contribution in [-0.2, 0) is 0 Å². The smallest absolute Gasteiger partial charge is 0.257 e. The topological polar surface area (TPSA) is 74.8 Å². The first-order valence-corrected chi connectivity index (χ1v) is 9.04. The summed E-state index contributed by atoms with van der Waals surface area (Å²) in [6, 6.07) is 8.73. The number of anilines is 1. The van der Waals surface area contributed by atoms with Crippen LogP contribution in [-0.4, -0.2) is 66.4 Å². The van der Waals surface area contributed by atoms with Crippen LogP contribution in [0.4, 0.5) is 5.69 Å². The number of hydrogen-bond donors (Lipinski definition) is 1. The minimum absolute atomic E-state index is 0.0914. The number of carbonyl (C=O) groups is 2. The molecule has 27 heavy (non-hydrogen) atoms. The van der Waals surface area contributed by atoms with E-state index in [0.717, 1.165) is 18.8 Å². The summed E-state index contributed by atoms with van der Waals surface area (Å²) in [7, 11) is 2.04. The summed E-state index contributed by atoms with van der Waals surface area (Å²) in [4.78, 5) is 33.2. The van der Waals surface area contributed by atoms with Gasteiger partial charge in [0.05, 0.1) is 17.7 Å². The molecule has 0 saturated carbocycles. The van der Waals surface area contributed by atoms with E-state index in [1.165, 1.54) is 12.4 Å². The van der Waals surface area contributed by atoms with E-state index < -0.39 is 0 Å². The number of ether oxygens (including phenoxy) is 1. The number of aromatic nitrogens is 1. The molecule has 7 heteroatoms. The zero-order valence-electron chi connectivity index (χ0n) is 15.6. The van der Waals surface area contributed by atoms with E-state index >= 15 is 0 Å². The van der Waals surface area contributed by atoms with Crippen molar-refractivity contribution >= 4 is 17.5 Å². The highest BCUT2D eigenvalue weighted by atomic mass is 16.5. The van der Waals surface area contributed by atoms with Crippen molar-refractivity contribution in [3.8, 4) is 5.75 Å². The van der Waals surface area contributed by atoms with Crippen LogP contribution in [0.2, 0.25) is 0 Å². The third-order valence-corrected chi connectivity index (χ3v) is 4.46. The summed E-state index contributed by atoms with van der Waals surface area (Å²) in [5, 5.41) is 2.81. The molecule has 1 fully saturated rings. The molecule has 142 valence electrons. The fourth-order valence-electron chi connectivity index (χ4n) is 2.88. The SMILES string of the molecule is CCOc1ccc(NC(=O)c2cncc(C(=O)N3CCN(C)CC3)c2)cc1. The molecule has 0 unspecified atom stereocenters. The average molecular weight is 368 g/mol. The van der Waals surface area contributed by atoms with Gasteiger partial charge in [-0.15, -0.1) is 0 Å². The average Bonchev–Trinajstić information content (AvgIpc) is 2.70. The minimum Gasteiger partial charge on any atom is -0.494 e. The van der Waals surface area contributed by atoms with Crippen LogP contribution in [0.5, 0.6) is 5.75 Å². The number of nitrogens with zero attached hydrogens (tertiary/aromatic N) is 3. The van der Waals surface area contributed by atoms with E-state index in [2.05, 4.69) is 15.2 Å². The monoisotopic (exact) mass is 368 g/mol. The molecule has 7 nitrogen and oxygen atoms in total. The molecule has 0 aliphatic carbocycles. The zero-order chi connectivity index (χ0) is 19.2. The van der Waals surface area contributed by atoms with Gasteiger partial charge in [-0.3, -0.25) is 14.6 Å². The fourth-order valence-corrected chi connectivity index (χ4v) is 2.88. The van der Waals surface area contributed by atoms with E-state index in [1.54, 1.807) is 35.2 Å². The van der Waals surface area contributed by atoms with Crippen LogP contribution in [0.3, 0.4) is 0 Å². The predicted octanol–water partition coefficient (Wildman–Crippen LogP) is 2.12. The van der Waals surface area contributed by atoms with E-state index in [-0.39, 0.29) is 11.8 Å². The van der Waals surface area contributed by atoms with Crippen LogP contribution < -0.4 is 10.1 Å². The first-order valence-electron chi connectivity index (χ1n) is 9.04. The molecule has 2 amide bonds. The molecule has 0 atom stereocenters. The Morgan fingerprint density at radius 3 is 2.41 bits per heavy atom. The van der Waals surface area contributed by atoms with E-state index in [4.69, 9.17) is 4.74 Å². The highest BCUT2D eigenvalue weighted by Crippen LogP contribution is 2.17. The Balaban J connectivity index is 1.67. The van der Waals surface area contributed by atoms with Crippen molar-refractivity contribution in [3.05, 3.63) is 53.9 Å². The molecule has 1 aromatic carbocycles. The van der Waals surface area contributed by atoms with Crippen molar-refractivity contribution in [1.29, 1.82) is 0 Å². The lowest BCUT2D eigenvalue weighted by Crippen LogP contribution is -2.47. The van der Waals surface area contributed by atoms with Gasteiger partial charge in [-0.2, -0.15) is 0 Å². The second kappa shape index (κ2) is 8.64. The van der Waals surface area contributed by atoms with Gasteiger partial charge in [0, 0.05) is 44.3 Å². The zero-order valence-corrected chi connectivity index (χ0v) is 15.6. The summed E-state index contributed by atoms with van der Waals surface area (Å²) in [6.45, 7) is 5.55. The van der Waals surface area contributed by atoms with Crippen molar-refractivity contribution in [1.82, 2.24) is 14.8 Å². The Kier molecular flexibility index (Phi) is 6.03. The predicted molar refractivity (Wildman–Crippen MR) is 103 cm³/mol. The summed E-state index contributed by atoms with van der Waals surface area (Å²) in [5.74, 6) is 0.350. The van der Waals surface area contributed by atoms with Crippen molar-refractivity contribution < 1.29 is 14.3 Å². The van der Waals surface area contributed by atoms with Gasteiger partial charge in [0.1, 0.15) is 5.75 Å². The molecule has 1 aliphatic heterocycles. The maximum absolute atomic E-state index is 12.7. The maximum Gasteiger partial charge on any atom is 0.257 e. The second-order valence-corrected chi connectivity index (χ2v) is 6.47. The van der Waals surface area contributed by atoms with Crippen molar-refractivity contribution in [2.75, 3.05) is 45.2 Å². The molecule has 3 rings (SSSR count). The molecule has 1 aromatic heterocycles. The Morgan fingerprint density at radius 2 is 1.74 bits per heavy atom. The summed E-state index contributed by atoms with van der Waals surface area (Å²) < 4.78 is 5.39. The van der Waals surface area contributed by atoms with Crippen molar-refractivity contribution in [2.45, 2.75) is 6.92 Å². The lowest BCUT2D eigenvalue weighted by atomic mass is 10.1. The van der Waals surface area contributed by atoms with Crippen molar-refractivity contribution in [3.63, 3.8) is 0 Å². The molecule has 2 aromatic rings. The van der Waals surface area contributed by atoms with Gasteiger partial charge in [-0.1, -0.05) is 0 Å².